The molecular weight excluding hydrogens is 439 g/mol. The maximum Gasteiger partial charge on any atom is 0.309 e. The molecule has 0 aliphatic carbocycles. The minimum absolute atomic E-state index is 0.119. The quantitative estimate of drug-likeness (QED) is 0.457. The summed E-state index contributed by atoms with van der Waals surface area (Å²) in [5.74, 6) is -0.730. The number of benzene rings is 2. The van der Waals surface area contributed by atoms with Gasteiger partial charge in [0.2, 0.25) is 5.82 Å². The molecule has 0 spiro atoms. The van der Waals surface area contributed by atoms with E-state index in [0.717, 1.165) is 10.9 Å². The maximum atomic E-state index is 12.6. The third-order valence-electron chi connectivity index (χ3n) is 4.77. The number of amides is 2. The van der Waals surface area contributed by atoms with Crippen molar-refractivity contribution >= 4 is 45.9 Å². The number of hydrogen-bond acceptors (Lipinski definition) is 4. The van der Waals surface area contributed by atoms with Gasteiger partial charge in [0.15, 0.2) is 0 Å². The highest BCUT2D eigenvalue weighted by Crippen LogP contribution is 2.28. The van der Waals surface area contributed by atoms with Crippen LogP contribution < -0.4 is 10.9 Å². The smallest absolute Gasteiger partial charge is 0.309 e. The first-order valence-electron chi connectivity index (χ1n) is 9.45. The van der Waals surface area contributed by atoms with Crippen LogP contribution in [0.3, 0.4) is 0 Å². The van der Waals surface area contributed by atoms with Crippen LogP contribution in [0.25, 0.3) is 16.6 Å². The van der Waals surface area contributed by atoms with E-state index in [9.17, 15) is 9.59 Å². The molecule has 0 radical (unpaired) electrons. The lowest BCUT2D eigenvalue weighted by Crippen LogP contribution is -2.42. The van der Waals surface area contributed by atoms with Gasteiger partial charge >= 0.3 is 5.91 Å². The molecule has 10 heteroatoms. The Kier molecular flexibility index (Phi) is 5.67. The van der Waals surface area contributed by atoms with Crippen LogP contribution in [0.1, 0.15) is 33.7 Å². The number of carbonyl (C=O) groups is 2. The molecule has 2 N–H and O–H groups in total. The van der Waals surface area contributed by atoms with E-state index >= 15 is 0 Å². The number of fused-ring (bicyclic) bond motifs is 1. The lowest BCUT2D eigenvalue weighted by molar-refractivity contribution is 0.0841. The molecule has 0 saturated heterocycles. The molecule has 2 aromatic carbocycles. The van der Waals surface area contributed by atoms with E-state index in [1.54, 1.807) is 24.4 Å². The van der Waals surface area contributed by atoms with Crippen molar-refractivity contribution in [3.63, 3.8) is 0 Å². The fraction of sp³-hybridized carbons (Fsp3) is 0.143. The molecule has 0 bridgehead atoms. The van der Waals surface area contributed by atoms with Gasteiger partial charge in [0.05, 0.1) is 15.6 Å². The highest BCUT2D eigenvalue weighted by Gasteiger charge is 2.21. The zero-order valence-corrected chi connectivity index (χ0v) is 18.2. The Hall–Kier alpha value is -3.36. The van der Waals surface area contributed by atoms with E-state index in [-0.39, 0.29) is 5.82 Å². The van der Waals surface area contributed by atoms with Gasteiger partial charge in [0.25, 0.3) is 5.91 Å². The number of aryl methyl sites for hydroxylation is 2. The molecule has 0 unspecified atom stereocenters. The SMILES string of the molecule is CCc1nc(C(=O)NNC(=O)c2cn(C)c3ccccc23)nn1-c1c(Cl)cccc1Cl. The molecule has 0 atom stereocenters. The molecule has 4 aromatic rings. The molecule has 2 heterocycles. The predicted octanol–water partition coefficient (Wildman–Crippen LogP) is 3.70. The average molecular weight is 457 g/mol. The molecule has 0 aliphatic rings. The number of hydrogen-bond donors (Lipinski definition) is 2. The normalized spacial score (nSPS) is 11.0. The summed E-state index contributed by atoms with van der Waals surface area (Å²) in [5.41, 5.74) is 6.57. The van der Waals surface area contributed by atoms with Crippen molar-refractivity contribution in [1.29, 1.82) is 0 Å². The fourth-order valence-electron chi connectivity index (χ4n) is 3.30. The molecule has 158 valence electrons. The number of para-hydroxylation sites is 2. The van der Waals surface area contributed by atoms with E-state index in [1.807, 2.05) is 42.8 Å². The second-order valence-electron chi connectivity index (χ2n) is 6.77. The summed E-state index contributed by atoms with van der Waals surface area (Å²) in [7, 11) is 1.85. The molecular formula is C21H18Cl2N6O2. The van der Waals surface area contributed by atoms with Crippen LogP contribution in [0.15, 0.2) is 48.7 Å². The van der Waals surface area contributed by atoms with Crippen molar-refractivity contribution in [2.45, 2.75) is 13.3 Å². The molecule has 31 heavy (non-hydrogen) atoms. The first kappa shape index (κ1) is 20.9. The third kappa shape index (κ3) is 3.87. The number of aromatic nitrogens is 4. The van der Waals surface area contributed by atoms with E-state index in [2.05, 4.69) is 20.9 Å². The third-order valence-corrected chi connectivity index (χ3v) is 5.38. The molecule has 2 amide bonds. The van der Waals surface area contributed by atoms with Gasteiger partial charge < -0.3 is 4.57 Å². The fourth-order valence-corrected chi connectivity index (χ4v) is 3.86. The Bertz CT molecular complexity index is 1290. The zero-order valence-electron chi connectivity index (χ0n) is 16.7. The van der Waals surface area contributed by atoms with Crippen LogP contribution in [-0.2, 0) is 13.5 Å². The summed E-state index contributed by atoms with van der Waals surface area (Å²) in [6, 6.07) is 12.6. The van der Waals surface area contributed by atoms with Gasteiger partial charge in [-0.15, -0.1) is 5.10 Å². The number of halogens is 2. The van der Waals surface area contributed by atoms with Crippen molar-refractivity contribution in [3.05, 3.63) is 75.9 Å². The molecule has 0 saturated carbocycles. The summed E-state index contributed by atoms with van der Waals surface area (Å²) < 4.78 is 3.28. The Balaban J connectivity index is 1.55. The zero-order chi connectivity index (χ0) is 22.1. The Morgan fingerprint density at radius 2 is 1.68 bits per heavy atom. The second kappa shape index (κ2) is 8.41. The highest BCUT2D eigenvalue weighted by molar-refractivity contribution is 6.37. The van der Waals surface area contributed by atoms with Gasteiger partial charge in [0.1, 0.15) is 11.5 Å². The number of nitrogens with one attached hydrogen (secondary N) is 2. The first-order valence-corrected chi connectivity index (χ1v) is 10.2. The molecule has 0 aliphatic heterocycles. The first-order chi connectivity index (χ1) is 14.9. The Morgan fingerprint density at radius 1 is 1.00 bits per heavy atom. The number of carbonyl (C=O) groups excluding carboxylic acids is 2. The van der Waals surface area contributed by atoms with Gasteiger partial charge in [-0.25, -0.2) is 9.67 Å². The maximum absolute atomic E-state index is 12.6. The molecule has 8 nitrogen and oxygen atoms in total. The number of rotatable bonds is 4. The van der Waals surface area contributed by atoms with E-state index in [4.69, 9.17) is 23.2 Å². The van der Waals surface area contributed by atoms with Crippen molar-refractivity contribution in [1.82, 2.24) is 30.2 Å². The summed E-state index contributed by atoms with van der Waals surface area (Å²) >= 11 is 12.5. The summed E-state index contributed by atoms with van der Waals surface area (Å²) in [5, 5.41) is 5.78. The van der Waals surface area contributed by atoms with Crippen LogP contribution in [0.5, 0.6) is 0 Å². The van der Waals surface area contributed by atoms with Crippen LogP contribution in [-0.4, -0.2) is 31.1 Å². The second-order valence-corrected chi connectivity index (χ2v) is 7.58. The van der Waals surface area contributed by atoms with Gasteiger partial charge in [-0.3, -0.25) is 20.4 Å². The largest absolute Gasteiger partial charge is 0.350 e. The van der Waals surface area contributed by atoms with E-state index < -0.39 is 11.8 Å². The minimum atomic E-state index is -0.662. The lowest BCUT2D eigenvalue weighted by Gasteiger charge is -2.08. The van der Waals surface area contributed by atoms with Gasteiger partial charge in [-0.05, 0) is 18.2 Å². The molecule has 2 aromatic heterocycles. The van der Waals surface area contributed by atoms with Crippen LogP contribution in [0.2, 0.25) is 10.0 Å². The lowest BCUT2D eigenvalue weighted by atomic mass is 10.2. The van der Waals surface area contributed by atoms with E-state index in [0.29, 0.717) is 33.5 Å². The average Bonchev–Trinajstić information content (AvgIpc) is 3.33. The number of nitrogens with zero attached hydrogens (tertiary/aromatic N) is 4. The molecule has 4 rings (SSSR count). The standard InChI is InChI=1S/C21H18Cl2N6O2/c1-3-17-24-19(27-29(17)18-14(22)8-6-9-15(18)23)21(31)26-25-20(30)13-11-28(2)16-10-5-4-7-12(13)16/h4-11H,3H2,1-2H3,(H,25,30)(H,26,31). The van der Waals surface area contributed by atoms with Gasteiger partial charge in [0, 0.05) is 30.6 Å². The van der Waals surface area contributed by atoms with Crippen molar-refractivity contribution in [3.8, 4) is 5.69 Å². The molecule has 0 fully saturated rings. The van der Waals surface area contributed by atoms with E-state index in [1.165, 1.54) is 4.68 Å². The van der Waals surface area contributed by atoms with Crippen LogP contribution >= 0.6 is 23.2 Å². The van der Waals surface area contributed by atoms with Crippen molar-refractivity contribution in [2.75, 3.05) is 0 Å². The van der Waals surface area contributed by atoms with Crippen LogP contribution in [0, 0.1) is 0 Å². The van der Waals surface area contributed by atoms with Gasteiger partial charge in [-0.2, -0.15) is 0 Å². The number of hydrazine groups is 1. The Labute approximate surface area is 187 Å². The monoisotopic (exact) mass is 456 g/mol. The summed E-state index contributed by atoms with van der Waals surface area (Å²) in [6.07, 6.45) is 2.19. The van der Waals surface area contributed by atoms with Gasteiger partial charge in [-0.1, -0.05) is 54.4 Å². The predicted molar refractivity (Wildman–Crippen MR) is 119 cm³/mol. The summed E-state index contributed by atoms with van der Waals surface area (Å²) in [4.78, 5) is 29.5. The topological polar surface area (TPSA) is 93.8 Å². The summed E-state index contributed by atoms with van der Waals surface area (Å²) in [6.45, 7) is 1.87. The van der Waals surface area contributed by atoms with Crippen molar-refractivity contribution < 1.29 is 9.59 Å². The highest BCUT2D eigenvalue weighted by atomic mass is 35.5. The van der Waals surface area contributed by atoms with Crippen molar-refractivity contribution in [2.24, 2.45) is 7.05 Å². The minimum Gasteiger partial charge on any atom is -0.350 e. The van der Waals surface area contributed by atoms with Crippen LogP contribution in [0.4, 0.5) is 0 Å². The Morgan fingerprint density at radius 3 is 2.39 bits per heavy atom.